The first-order valence-corrected chi connectivity index (χ1v) is 10.3. The molecule has 2 rings (SSSR count). The summed E-state index contributed by atoms with van der Waals surface area (Å²) in [5, 5.41) is 2.80. The van der Waals surface area contributed by atoms with Gasteiger partial charge in [0.2, 0.25) is 15.9 Å². The number of rotatable bonds is 8. The molecule has 0 unspecified atom stereocenters. The number of hydrogen-bond acceptors (Lipinski definition) is 5. The molecular weight excluding hydrogens is 342 g/mol. The van der Waals surface area contributed by atoms with Crippen LogP contribution in [0.2, 0.25) is 0 Å². The summed E-state index contributed by atoms with van der Waals surface area (Å²) in [6.45, 7) is 6.38. The van der Waals surface area contributed by atoms with Gasteiger partial charge >= 0.3 is 0 Å². The Morgan fingerprint density at radius 2 is 1.88 bits per heavy atom. The van der Waals surface area contributed by atoms with Crippen molar-refractivity contribution >= 4 is 15.9 Å². The summed E-state index contributed by atoms with van der Waals surface area (Å²) in [7, 11) is -3.47. The van der Waals surface area contributed by atoms with Crippen LogP contribution in [0.3, 0.4) is 0 Å². The van der Waals surface area contributed by atoms with E-state index in [1.807, 2.05) is 31.2 Å². The maximum absolute atomic E-state index is 12.1. The highest BCUT2D eigenvalue weighted by Crippen LogP contribution is 2.09. The minimum Gasteiger partial charge on any atom is -0.379 e. The normalized spacial score (nSPS) is 16.1. The van der Waals surface area contributed by atoms with Crippen LogP contribution in [0.1, 0.15) is 11.1 Å². The number of carbonyl (C=O) groups is 1. The van der Waals surface area contributed by atoms with Crippen LogP contribution in [0.25, 0.3) is 0 Å². The van der Waals surface area contributed by atoms with Crippen molar-refractivity contribution in [3.05, 3.63) is 35.4 Å². The highest BCUT2D eigenvalue weighted by atomic mass is 32.2. The lowest BCUT2D eigenvalue weighted by Gasteiger charge is -2.26. The Morgan fingerprint density at radius 3 is 2.48 bits per heavy atom. The lowest BCUT2D eigenvalue weighted by atomic mass is 10.1. The average Bonchev–Trinajstić information content (AvgIpc) is 2.56. The van der Waals surface area contributed by atoms with Crippen molar-refractivity contribution in [3.63, 3.8) is 0 Å². The number of sulfonamides is 1. The van der Waals surface area contributed by atoms with Crippen LogP contribution >= 0.6 is 0 Å². The van der Waals surface area contributed by atoms with E-state index in [2.05, 4.69) is 10.2 Å². The topological polar surface area (TPSA) is 79.0 Å². The van der Waals surface area contributed by atoms with Crippen LogP contribution in [0.15, 0.2) is 24.3 Å². The third kappa shape index (κ3) is 7.11. The van der Waals surface area contributed by atoms with Crippen molar-refractivity contribution < 1.29 is 17.9 Å². The predicted octanol–water partition coefficient (Wildman–Crippen LogP) is 0.205. The van der Waals surface area contributed by atoms with E-state index in [1.54, 1.807) is 0 Å². The van der Waals surface area contributed by atoms with Crippen molar-refractivity contribution in [3.8, 4) is 0 Å². The summed E-state index contributed by atoms with van der Waals surface area (Å²) in [5.74, 6) is -0.286. The Bertz CT molecular complexity index is 655. The van der Waals surface area contributed by atoms with Crippen LogP contribution < -0.4 is 5.32 Å². The Kier molecular flexibility index (Phi) is 7.37. The maximum Gasteiger partial charge on any atom is 0.235 e. The van der Waals surface area contributed by atoms with Gasteiger partial charge < -0.3 is 10.1 Å². The lowest BCUT2D eigenvalue weighted by Crippen LogP contribution is -2.44. The van der Waals surface area contributed by atoms with Gasteiger partial charge in [-0.25, -0.2) is 8.42 Å². The molecule has 8 heteroatoms. The minimum atomic E-state index is -3.47. The molecule has 0 aromatic heterocycles. The van der Waals surface area contributed by atoms with Gasteiger partial charge in [-0.1, -0.05) is 29.8 Å². The van der Waals surface area contributed by atoms with Crippen LogP contribution in [0.4, 0.5) is 0 Å². The fourth-order valence-electron chi connectivity index (χ4n) is 2.58. The summed E-state index contributed by atoms with van der Waals surface area (Å²) in [6.07, 6.45) is 1.13. The van der Waals surface area contributed by atoms with Crippen LogP contribution in [-0.2, 0) is 26.1 Å². The fraction of sp³-hybridized carbons (Fsp3) is 0.588. The molecule has 140 valence electrons. The second-order valence-electron chi connectivity index (χ2n) is 6.32. The Morgan fingerprint density at radius 1 is 1.24 bits per heavy atom. The van der Waals surface area contributed by atoms with Gasteiger partial charge in [0.05, 0.1) is 26.0 Å². The Balaban J connectivity index is 1.83. The molecule has 7 nitrogen and oxygen atoms in total. The van der Waals surface area contributed by atoms with Crippen LogP contribution in [0.5, 0.6) is 0 Å². The van der Waals surface area contributed by atoms with Crippen molar-refractivity contribution in [1.82, 2.24) is 14.5 Å². The van der Waals surface area contributed by atoms with E-state index in [9.17, 15) is 13.2 Å². The zero-order valence-corrected chi connectivity index (χ0v) is 15.7. The summed E-state index contributed by atoms with van der Waals surface area (Å²) in [6, 6.07) is 7.62. The van der Waals surface area contributed by atoms with Gasteiger partial charge in [-0.2, -0.15) is 4.31 Å². The van der Waals surface area contributed by atoms with E-state index in [1.165, 1.54) is 4.31 Å². The molecule has 1 heterocycles. The van der Waals surface area contributed by atoms with E-state index in [-0.39, 0.29) is 19.0 Å². The summed E-state index contributed by atoms with van der Waals surface area (Å²) >= 11 is 0. The summed E-state index contributed by atoms with van der Waals surface area (Å²) in [4.78, 5) is 14.3. The number of amides is 1. The smallest absolute Gasteiger partial charge is 0.235 e. The number of hydrogen-bond donors (Lipinski definition) is 1. The number of morpholine rings is 1. The van der Waals surface area contributed by atoms with Crippen molar-refractivity contribution in [2.24, 2.45) is 0 Å². The molecule has 0 saturated carbocycles. The van der Waals surface area contributed by atoms with Crippen molar-refractivity contribution in [2.45, 2.75) is 13.5 Å². The molecular formula is C17H27N3O4S. The Hall–Kier alpha value is -1.48. The van der Waals surface area contributed by atoms with E-state index in [0.717, 1.165) is 37.0 Å². The van der Waals surface area contributed by atoms with Gasteiger partial charge in [0.15, 0.2) is 0 Å². The molecule has 1 aromatic carbocycles. The van der Waals surface area contributed by atoms with Gasteiger partial charge in [-0.05, 0) is 12.5 Å². The second kappa shape index (κ2) is 9.28. The first-order valence-electron chi connectivity index (χ1n) is 8.42. The first-order chi connectivity index (χ1) is 11.8. The van der Waals surface area contributed by atoms with Crippen molar-refractivity contribution in [2.75, 3.05) is 52.2 Å². The SMILES string of the molecule is Cc1ccc(CN(CC(=O)NCCN2CCOCC2)S(C)(=O)=O)cc1. The van der Waals surface area contributed by atoms with Gasteiger partial charge in [0, 0.05) is 32.7 Å². The molecule has 0 bridgehead atoms. The summed E-state index contributed by atoms with van der Waals surface area (Å²) < 4.78 is 30.4. The molecule has 1 aliphatic heterocycles. The van der Waals surface area contributed by atoms with E-state index in [4.69, 9.17) is 4.74 Å². The van der Waals surface area contributed by atoms with Gasteiger partial charge in [-0.3, -0.25) is 9.69 Å². The van der Waals surface area contributed by atoms with Gasteiger partial charge in [0.25, 0.3) is 0 Å². The van der Waals surface area contributed by atoms with Crippen molar-refractivity contribution in [1.29, 1.82) is 0 Å². The third-order valence-electron chi connectivity index (χ3n) is 4.12. The molecule has 0 spiro atoms. The number of carbonyl (C=O) groups excluding carboxylic acids is 1. The molecule has 1 N–H and O–H groups in total. The molecule has 1 amide bonds. The van der Waals surface area contributed by atoms with E-state index in [0.29, 0.717) is 19.8 Å². The van der Waals surface area contributed by atoms with Gasteiger partial charge in [-0.15, -0.1) is 0 Å². The molecule has 1 fully saturated rings. The number of benzene rings is 1. The third-order valence-corrected chi connectivity index (χ3v) is 5.32. The largest absolute Gasteiger partial charge is 0.379 e. The van der Waals surface area contributed by atoms with E-state index < -0.39 is 10.0 Å². The molecule has 1 saturated heterocycles. The molecule has 0 aliphatic carbocycles. The fourth-order valence-corrected chi connectivity index (χ4v) is 3.32. The predicted molar refractivity (Wildman–Crippen MR) is 96.7 cm³/mol. The zero-order chi connectivity index (χ0) is 18.3. The monoisotopic (exact) mass is 369 g/mol. The molecule has 1 aromatic rings. The average molecular weight is 369 g/mol. The van der Waals surface area contributed by atoms with Gasteiger partial charge in [0.1, 0.15) is 0 Å². The highest BCUT2D eigenvalue weighted by Gasteiger charge is 2.20. The maximum atomic E-state index is 12.1. The lowest BCUT2D eigenvalue weighted by molar-refractivity contribution is -0.121. The van der Waals surface area contributed by atoms with Crippen LogP contribution in [-0.4, -0.2) is 75.7 Å². The quantitative estimate of drug-likeness (QED) is 0.708. The number of ether oxygens (including phenoxy) is 1. The molecule has 25 heavy (non-hydrogen) atoms. The minimum absolute atomic E-state index is 0.171. The molecule has 0 radical (unpaired) electrons. The number of nitrogens with one attached hydrogen (secondary N) is 1. The molecule has 0 atom stereocenters. The van der Waals surface area contributed by atoms with Crippen LogP contribution in [0, 0.1) is 6.92 Å². The number of nitrogens with zero attached hydrogens (tertiary/aromatic N) is 2. The Labute approximate surface area is 150 Å². The second-order valence-corrected chi connectivity index (χ2v) is 8.30. The summed E-state index contributed by atoms with van der Waals surface area (Å²) in [5.41, 5.74) is 1.97. The van der Waals surface area contributed by atoms with E-state index >= 15 is 0 Å². The zero-order valence-electron chi connectivity index (χ0n) is 14.9. The standard InChI is InChI=1S/C17H27N3O4S/c1-15-3-5-16(6-4-15)13-20(25(2,22)23)14-17(21)18-7-8-19-9-11-24-12-10-19/h3-6H,7-14H2,1-2H3,(H,18,21). The first kappa shape index (κ1) is 19.8. The highest BCUT2D eigenvalue weighted by molar-refractivity contribution is 7.88. The number of aryl methyl sites for hydroxylation is 1. The molecule has 1 aliphatic rings.